The first-order valence-electron chi connectivity index (χ1n) is 6.72. The van der Waals surface area contributed by atoms with Gasteiger partial charge in [0.15, 0.2) is 0 Å². The fourth-order valence-electron chi connectivity index (χ4n) is 2.61. The normalized spacial score (nSPS) is 19.7. The van der Waals surface area contributed by atoms with Gasteiger partial charge in [-0.2, -0.15) is 4.31 Å². The van der Waals surface area contributed by atoms with E-state index >= 15 is 0 Å². The molecule has 3 rings (SSSR count). The molecule has 0 radical (unpaired) electrons. The Hall–Kier alpha value is -0.990. The summed E-state index contributed by atoms with van der Waals surface area (Å²) < 4.78 is 33.4. The van der Waals surface area contributed by atoms with E-state index in [0.717, 1.165) is 4.70 Å². The van der Waals surface area contributed by atoms with E-state index in [9.17, 15) is 13.5 Å². The Morgan fingerprint density at radius 2 is 2.19 bits per heavy atom. The Balaban J connectivity index is 2.13. The van der Waals surface area contributed by atoms with Gasteiger partial charge in [-0.3, -0.25) is 0 Å². The first-order valence-corrected chi connectivity index (χ1v) is 8.98. The van der Waals surface area contributed by atoms with Crippen LogP contribution in [0.5, 0.6) is 0 Å². The van der Waals surface area contributed by atoms with Gasteiger partial charge in [0.2, 0.25) is 10.0 Å². The van der Waals surface area contributed by atoms with Gasteiger partial charge in [0, 0.05) is 23.7 Å². The molecule has 1 N–H and O–H groups in total. The summed E-state index contributed by atoms with van der Waals surface area (Å²) in [6.07, 6.45) is 0.701. The molecule has 1 atom stereocenters. The van der Waals surface area contributed by atoms with Gasteiger partial charge in [0.1, 0.15) is 4.90 Å². The van der Waals surface area contributed by atoms with E-state index in [1.165, 1.54) is 15.6 Å². The monoisotopic (exact) mass is 327 g/mol. The fraction of sp³-hybridized carbons (Fsp3) is 0.429. The van der Waals surface area contributed by atoms with Crippen molar-refractivity contribution in [2.75, 3.05) is 20.3 Å². The summed E-state index contributed by atoms with van der Waals surface area (Å²) in [6, 6.07) is 7.20. The molecule has 1 aromatic carbocycles. The Morgan fingerprint density at radius 3 is 2.86 bits per heavy atom. The number of aliphatic hydroxyl groups excluding tert-OH is 1. The van der Waals surface area contributed by atoms with Gasteiger partial charge >= 0.3 is 0 Å². The molecule has 1 fully saturated rings. The van der Waals surface area contributed by atoms with E-state index in [4.69, 9.17) is 4.74 Å². The quantitative estimate of drug-likeness (QED) is 0.930. The molecule has 1 saturated heterocycles. The number of benzene rings is 1. The summed E-state index contributed by atoms with van der Waals surface area (Å²) in [6.45, 7) is 0.733. The maximum absolute atomic E-state index is 12.9. The van der Waals surface area contributed by atoms with Crippen molar-refractivity contribution in [2.24, 2.45) is 0 Å². The Kier molecular flexibility index (Phi) is 4.02. The zero-order valence-corrected chi connectivity index (χ0v) is 13.3. The smallest absolute Gasteiger partial charge is 0.244 e. The minimum absolute atomic E-state index is 0.139. The third-order valence-corrected chi connectivity index (χ3v) is 7.14. The lowest BCUT2D eigenvalue weighted by Crippen LogP contribution is -2.37. The van der Waals surface area contributed by atoms with Crippen LogP contribution >= 0.6 is 11.3 Å². The molecule has 5 nitrogen and oxygen atoms in total. The van der Waals surface area contributed by atoms with E-state index < -0.39 is 10.0 Å². The average molecular weight is 327 g/mol. The average Bonchev–Trinajstić information content (AvgIpc) is 3.13. The van der Waals surface area contributed by atoms with Crippen molar-refractivity contribution < 1.29 is 18.3 Å². The summed E-state index contributed by atoms with van der Waals surface area (Å²) in [7, 11) is -2.06. The van der Waals surface area contributed by atoms with Crippen molar-refractivity contribution >= 4 is 31.4 Å². The van der Waals surface area contributed by atoms with Crippen LogP contribution in [0.2, 0.25) is 0 Å². The highest BCUT2D eigenvalue weighted by Gasteiger charge is 2.34. The number of hydrogen-bond acceptors (Lipinski definition) is 5. The number of thiophene rings is 1. The van der Waals surface area contributed by atoms with Crippen LogP contribution in [0.15, 0.2) is 29.2 Å². The van der Waals surface area contributed by atoms with Crippen molar-refractivity contribution in [3.8, 4) is 0 Å². The number of hydrogen-bond donors (Lipinski definition) is 1. The highest BCUT2D eigenvalue weighted by Crippen LogP contribution is 2.36. The van der Waals surface area contributed by atoms with Crippen LogP contribution < -0.4 is 0 Å². The molecule has 0 spiro atoms. The molecule has 7 heteroatoms. The molecular formula is C14H17NO4S2. The van der Waals surface area contributed by atoms with E-state index in [-0.39, 0.29) is 17.5 Å². The molecule has 0 aliphatic carbocycles. The molecule has 0 saturated carbocycles. The lowest BCUT2D eigenvalue weighted by molar-refractivity contribution is 0.181. The molecule has 21 heavy (non-hydrogen) atoms. The van der Waals surface area contributed by atoms with E-state index in [0.29, 0.717) is 29.9 Å². The second-order valence-corrected chi connectivity index (χ2v) is 8.12. The third-order valence-electron chi connectivity index (χ3n) is 3.82. The number of likely N-dealkylation sites (N-methyl/N-ethyl adjacent to an activating group) is 1. The topological polar surface area (TPSA) is 66.8 Å². The maximum atomic E-state index is 12.9. The summed E-state index contributed by atoms with van der Waals surface area (Å²) in [5, 5.41) is 10.2. The van der Waals surface area contributed by atoms with Crippen molar-refractivity contribution in [1.82, 2.24) is 4.31 Å². The third kappa shape index (κ3) is 2.49. The summed E-state index contributed by atoms with van der Waals surface area (Å²) in [5.41, 5.74) is 0. The van der Waals surface area contributed by atoms with Gasteiger partial charge in [-0.1, -0.05) is 18.2 Å². The highest BCUT2D eigenvalue weighted by atomic mass is 32.2. The standard InChI is InChI=1S/C14H17NO4S2/c1-15(10-6-7-19-9-10)21(17,18)14-11-4-2-3-5-12(11)20-13(14)8-16/h2-5,10,16H,6-9H2,1H3. The summed E-state index contributed by atoms with van der Waals surface area (Å²) >= 11 is 1.32. The predicted octanol–water partition coefficient (Wildman–Crippen LogP) is 1.80. The minimum atomic E-state index is -3.64. The van der Waals surface area contributed by atoms with Gasteiger partial charge in [-0.15, -0.1) is 11.3 Å². The molecule has 0 amide bonds. The van der Waals surface area contributed by atoms with Crippen molar-refractivity contribution in [3.05, 3.63) is 29.1 Å². The minimum Gasteiger partial charge on any atom is -0.391 e. The van der Waals surface area contributed by atoms with E-state index in [1.807, 2.05) is 18.2 Å². The lowest BCUT2D eigenvalue weighted by Gasteiger charge is -2.22. The molecule has 1 aromatic heterocycles. The highest BCUT2D eigenvalue weighted by molar-refractivity contribution is 7.89. The van der Waals surface area contributed by atoms with Crippen LogP contribution in [-0.2, 0) is 21.4 Å². The number of sulfonamides is 1. The molecule has 1 aliphatic rings. The summed E-state index contributed by atoms with van der Waals surface area (Å²) in [4.78, 5) is 0.724. The van der Waals surface area contributed by atoms with Crippen molar-refractivity contribution in [3.63, 3.8) is 0 Å². The van der Waals surface area contributed by atoms with Crippen LogP contribution in [0, 0.1) is 0 Å². The second-order valence-electron chi connectivity index (χ2n) is 5.05. The zero-order valence-electron chi connectivity index (χ0n) is 11.7. The van der Waals surface area contributed by atoms with E-state index in [1.54, 1.807) is 13.1 Å². The maximum Gasteiger partial charge on any atom is 0.244 e. The Bertz CT molecular complexity index is 747. The zero-order chi connectivity index (χ0) is 15.0. The second kappa shape index (κ2) is 5.66. The Labute approximate surface area is 127 Å². The van der Waals surface area contributed by atoms with Crippen LogP contribution in [0.1, 0.15) is 11.3 Å². The number of aliphatic hydroxyl groups is 1. The van der Waals surface area contributed by atoms with Gasteiger partial charge < -0.3 is 9.84 Å². The SMILES string of the molecule is CN(C1CCOC1)S(=O)(=O)c1c(CO)sc2ccccc12. The number of ether oxygens (including phenoxy) is 1. The van der Waals surface area contributed by atoms with Gasteiger partial charge in [0.25, 0.3) is 0 Å². The molecule has 2 heterocycles. The molecule has 0 bridgehead atoms. The molecule has 1 unspecified atom stereocenters. The predicted molar refractivity (Wildman–Crippen MR) is 81.9 cm³/mol. The first-order chi connectivity index (χ1) is 10.1. The number of rotatable bonds is 4. The largest absolute Gasteiger partial charge is 0.391 e. The van der Waals surface area contributed by atoms with Gasteiger partial charge in [-0.05, 0) is 12.5 Å². The van der Waals surface area contributed by atoms with Crippen molar-refractivity contribution in [1.29, 1.82) is 0 Å². The fourth-order valence-corrected chi connectivity index (χ4v) is 5.73. The van der Waals surface area contributed by atoms with Crippen LogP contribution in [-0.4, -0.2) is 44.1 Å². The Morgan fingerprint density at radius 1 is 1.43 bits per heavy atom. The number of fused-ring (bicyclic) bond motifs is 1. The van der Waals surface area contributed by atoms with Gasteiger partial charge in [0.05, 0.1) is 24.1 Å². The van der Waals surface area contributed by atoms with Crippen LogP contribution in [0.25, 0.3) is 10.1 Å². The summed E-state index contributed by atoms with van der Waals surface area (Å²) in [5.74, 6) is 0. The van der Waals surface area contributed by atoms with Crippen LogP contribution in [0.4, 0.5) is 0 Å². The molecular weight excluding hydrogens is 310 g/mol. The van der Waals surface area contributed by atoms with Crippen molar-refractivity contribution in [2.45, 2.75) is 24.0 Å². The van der Waals surface area contributed by atoms with E-state index in [2.05, 4.69) is 0 Å². The van der Waals surface area contributed by atoms with Crippen LogP contribution in [0.3, 0.4) is 0 Å². The lowest BCUT2D eigenvalue weighted by atomic mass is 10.2. The molecule has 1 aliphatic heterocycles. The van der Waals surface area contributed by atoms with Gasteiger partial charge in [-0.25, -0.2) is 8.42 Å². The molecule has 2 aromatic rings. The molecule has 114 valence electrons. The number of nitrogens with zero attached hydrogens (tertiary/aromatic N) is 1. The first kappa shape index (κ1) is 14.9.